The zero-order valence-electron chi connectivity index (χ0n) is 13.3. The van der Waals surface area contributed by atoms with Crippen molar-refractivity contribution in [1.82, 2.24) is 5.32 Å². The summed E-state index contributed by atoms with van der Waals surface area (Å²) in [6.07, 6.45) is 0. The number of aryl methyl sites for hydroxylation is 2. The van der Waals surface area contributed by atoms with Crippen LogP contribution in [0.2, 0.25) is 0 Å². The highest BCUT2D eigenvalue weighted by molar-refractivity contribution is 7.80. The predicted molar refractivity (Wildman–Crippen MR) is 96.0 cm³/mol. The molecule has 23 heavy (non-hydrogen) atoms. The molecule has 0 saturated heterocycles. The van der Waals surface area contributed by atoms with Crippen molar-refractivity contribution in [1.29, 1.82) is 0 Å². The molecule has 0 unspecified atom stereocenters. The number of nitrogens with one attached hydrogen (secondary N) is 2. The van der Waals surface area contributed by atoms with Crippen LogP contribution in [0.15, 0.2) is 42.5 Å². The van der Waals surface area contributed by atoms with Crippen molar-refractivity contribution < 1.29 is 9.59 Å². The van der Waals surface area contributed by atoms with Gasteiger partial charge in [0.2, 0.25) is 0 Å². The number of hydrogen-bond acceptors (Lipinski definition) is 3. The van der Waals surface area contributed by atoms with E-state index in [4.69, 9.17) is 12.2 Å². The highest BCUT2D eigenvalue weighted by Crippen LogP contribution is 2.11. The standard InChI is InChI=1S/C18H18N2O2S/c1-11-8-12(2)10-15(9-11)17(22)20-18(23)19-16-6-4-14(5-7-16)13(3)21/h4-10H,1-3H3,(H2,19,20,22,23). The molecule has 2 aromatic rings. The SMILES string of the molecule is CC(=O)c1ccc(NC(=S)NC(=O)c2cc(C)cc(C)c2)cc1. The molecule has 0 aliphatic heterocycles. The number of rotatable bonds is 3. The smallest absolute Gasteiger partial charge is 0.257 e. The van der Waals surface area contributed by atoms with Gasteiger partial charge in [0.05, 0.1) is 0 Å². The fourth-order valence-corrected chi connectivity index (χ4v) is 2.44. The van der Waals surface area contributed by atoms with E-state index in [1.165, 1.54) is 6.92 Å². The van der Waals surface area contributed by atoms with E-state index in [-0.39, 0.29) is 16.8 Å². The molecule has 2 aromatic carbocycles. The van der Waals surface area contributed by atoms with Crippen LogP contribution >= 0.6 is 12.2 Å². The van der Waals surface area contributed by atoms with Crippen molar-refractivity contribution in [2.24, 2.45) is 0 Å². The van der Waals surface area contributed by atoms with Gasteiger partial charge >= 0.3 is 0 Å². The third-order valence-corrected chi connectivity index (χ3v) is 3.46. The molecule has 0 heterocycles. The van der Waals surface area contributed by atoms with E-state index in [2.05, 4.69) is 10.6 Å². The summed E-state index contributed by atoms with van der Waals surface area (Å²) in [7, 11) is 0. The van der Waals surface area contributed by atoms with E-state index in [1.54, 1.807) is 24.3 Å². The molecule has 118 valence electrons. The zero-order chi connectivity index (χ0) is 17.0. The summed E-state index contributed by atoms with van der Waals surface area (Å²) in [6, 6.07) is 12.5. The van der Waals surface area contributed by atoms with Crippen LogP contribution in [0.5, 0.6) is 0 Å². The van der Waals surface area contributed by atoms with Crippen molar-refractivity contribution in [3.63, 3.8) is 0 Å². The lowest BCUT2D eigenvalue weighted by Crippen LogP contribution is -2.34. The first-order valence-electron chi connectivity index (χ1n) is 7.17. The molecular formula is C18H18N2O2S. The average Bonchev–Trinajstić information content (AvgIpc) is 2.46. The number of carbonyl (C=O) groups is 2. The summed E-state index contributed by atoms with van der Waals surface area (Å²) in [6.45, 7) is 5.39. The van der Waals surface area contributed by atoms with Gasteiger partial charge < -0.3 is 5.32 Å². The summed E-state index contributed by atoms with van der Waals surface area (Å²) in [4.78, 5) is 23.4. The molecule has 2 N–H and O–H groups in total. The largest absolute Gasteiger partial charge is 0.332 e. The summed E-state index contributed by atoms with van der Waals surface area (Å²) >= 11 is 5.15. The van der Waals surface area contributed by atoms with E-state index < -0.39 is 0 Å². The Hall–Kier alpha value is -2.53. The number of anilines is 1. The van der Waals surface area contributed by atoms with Crippen molar-refractivity contribution in [2.45, 2.75) is 20.8 Å². The van der Waals surface area contributed by atoms with Gasteiger partial charge in [0, 0.05) is 16.8 Å². The predicted octanol–water partition coefficient (Wildman–Crippen LogP) is 3.63. The summed E-state index contributed by atoms with van der Waals surface area (Å²) in [5.41, 5.74) is 3.95. The molecule has 0 radical (unpaired) electrons. The van der Waals surface area contributed by atoms with Crippen LogP contribution in [0, 0.1) is 13.8 Å². The van der Waals surface area contributed by atoms with Gasteiger partial charge in [0.15, 0.2) is 10.9 Å². The zero-order valence-corrected chi connectivity index (χ0v) is 14.1. The van der Waals surface area contributed by atoms with Crippen LogP contribution in [0.3, 0.4) is 0 Å². The van der Waals surface area contributed by atoms with E-state index in [1.807, 2.05) is 32.0 Å². The number of benzene rings is 2. The first kappa shape index (κ1) is 16.8. The van der Waals surface area contributed by atoms with E-state index in [0.29, 0.717) is 16.8 Å². The monoisotopic (exact) mass is 326 g/mol. The third-order valence-electron chi connectivity index (χ3n) is 3.26. The highest BCUT2D eigenvalue weighted by atomic mass is 32.1. The lowest BCUT2D eigenvalue weighted by Gasteiger charge is -2.10. The van der Waals surface area contributed by atoms with Crippen LogP contribution < -0.4 is 10.6 Å². The van der Waals surface area contributed by atoms with Gasteiger partial charge in [-0.2, -0.15) is 0 Å². The van der Waals surface area contributed by atoms with Gasteiger partial charge in [-0.15, -0.1) is 0 Å². The Balaban J connectivity index is 2.01. The van der Waals surface area contributed by atoms with Crippen molar-refractivity contribution in [3.05, 3.63) is 64.7 Å². The Kier molecular flexibility index (Phi) is 5.24. The molecule has 0 spiro atoms. The van der Waals surface area contributed by atoms with E-state index in [9.17, 15) is 9.59 Å². The molecule has 2 rings (SSSR count). The maximum absolute atomic E-state index is 12.2. The molecule has 4 nitrogen and oxygen atoms in total. The maximum atomic E-state index is 12.2. The fraction of sp³-hybridized carbons (Fsp3) is 0.167. The van der Waals surface area contributed by atoms with Gasteiger partial charge in [0.25, 0.3) is 5.91 Å². The molecule has 0 saturated carbocycles. The third kappa shape index (κ3) is 4.72. The van der Waals surface area contributed by atoms with Gasteiger partial charge in [-0.05, 0) is 69.4 Å². The molecule has 0 atom stereocenters. The minimum Gasteiger partial charge on any atom is -0.332 e. The number of hydrogen-bond donors (Lipinski definition) is 2. The molecule has 0 aliphatic rings. The lowest BCUT2D eigenvalue weighted by atomic mass is 10.1. The normalized spacial score (nSPS) is 10.0. The molecule has 5 heteroatoms. The van der Waals surface area contributed by atoms with Crippen LogP contribution in [0.25, 0.3) is 0 Å². The summed E-state index contributed by atoms with van der Waals surface area (Å²) in [5.74, 6) is -0.253. The number of ketones is 1. The quantitative estimate of drug-likeness (QED) is 0.668. The average molecular weight is 326 g/mol. The summed E-state index contributed by atoms with van der Waals surface area (Å²) in [5, 5.41) is 5.79. The van der Waals surface area contributed by atoms with E-state index in [0.717, 1.165) is 11.1 Å². The second-order valence-electron chi connectivity index (χ2n) is 5.42. The Morgan fingerprint density at radius 1 is 0.913 bits per heavy atom. The van der Waals surface area contributed by atoms with Gasteiger partial charge in [-0.3, -0.25) is 14.9 Å². The molecule has 0 aromatic heterocycles. The van der Waals surface area contributed by atoms with Crippen LogP contribution in [0.1, 0.15) is 38.8 Å². The first-order valence-corrected chi connectivity index (χ1v) is 7.57. The van der Waals surface area contributed by atoms with Crippen molar-refractivity contribution in [2.75, 3.05) is 5.32 Å². The minimum atomic E-state index is -0.255. The maximum Gasteiger partial charge on any atom is 0.257 e. The molecule has 0 bridgehead atoms. The number of carbonyl (C=O) groups excluding carboxylic acids is 2. The first-order chi connectivity index (χ1) is 10.8. The van der Waals surface area contributed by atoms with Crippen molar-refractivity contribution in [3.8, 4) is 0 Å². The topological polar surface area (TPSA) is 58.2 Å². The highest BCUT2D eigenvalue weighted by Gasteiger charge is 2.09. The number of Topliss-reactive ketones (excluding diaryl/α,β-unsaturated/α-hetero) is 1. The second-order valence-corrected chi connectivity index (χ2v) is 5.83. The van der Waals surface area contributed by atoms with Crippen LogP contribution in [-0.4, -0.2) is 16.8 Å². The van der Waals surface area contributed by atoms with Crippen LogP contribution in [-0.2, 0) is 0 Å². The van der Waals surface area contributed by atoms with Gasteiger partial charge in [-0.1, -0.05) is 17.2 Å². The minimum absolute atomic E-state index is 0.00208. The second kappa shape index (κ2) is 7.15. The van der Waals surface area contributed by atoms with Gasteiger partial charge in [-0.25, -0.2) is 0 Å². The van der Waals surface area contributed by atoms with Crippen molar-refractivity contribution >= 4 is 34.7 Å². The fourth-order valence-electron chi connectivity index (χ4n) is 2.23. The Bertz CT molecular complexity index is 747. The molecular weight excluding hydrogens is 308 g/mol. The Morgan fingerprint density at radius 2 is 1.48 bits per heavy atom. The molecule has 0 fully saturated rings. The summed E-state index contributed by atoms with van der Waals surface area (Å²) < 4.78 is 0. The molecule has 0 aliphatic carbocycles. The van der Waals surface area contributed by atoms with Crippen LogP contribution in [0.4, 0.5) is 5.69 Å². The molecule has 1 amide bonds. The van der Waals surface area contributed by atoms with E-state index >= 15 is 0 Å². The Labute approximate surface area is 140 Å². The number of amides is 1. The number of thiocarbonyl (C=S) groups is 1. The van der Waals surface area contributed by atoms with Gasteiger partial charge in [0.1, 0.15) is 0 Å². The Morgan fingerprint density at radius 3 is 2.00 bits per heavy atom. The lowest BCUT2D eigenvalue weighted by molar-refractivity contribution is 0.0976.